The van der Waals surface area contributed by atoms with Gasteiger partial charge < -0.3 is 5.32 Å². The Morgan fingerprint density at radius 3 is 2.42 bits per heavy atom. The number of hydrogen-bond acceptors (Lipinski definition) is 3. The van der Waals surface area contributed by atoms with E-state index >= 15 is 0 Å². The quantitative estimate of drug-likeness (QED) is 0.871. The summed E-state index contributed by atoms with van der Waals surface area (Å²) in [6.07, 6.45) is 0.772. The maximum absolute atomic E-state index is 12.5. The molecule has 0 amide bonds. The zero-order chi connectivity index (χ0) is 17.1. The van der Waals surface area contributed by atoms with Crippen LogP contribution < -0.4 is 5.32 Å². The smallest absolute Gasteiger partial charge is 0.251 e. The molecule has 0 aliphatic carbocycles. The third kappa shape index (κ3) is 4.45. The Morgan fingerprint density at radius 2 is 1.79 bits per heavy atom. The van der Waals surface area contributed by atoms with Gasteiger partial charge in [0.15, 0.2) is 0 Å². The van der Waals surface area contributed by atoms with E-state index in [0.717, 1.165) is 43.9 Å². The van der Waals surface area contributed by atoms with Crippen molar-refractivity contribution in [1.29, 1.82) is 0 Å². The van der Waals surface area contributed by atoms with Gasteiger partial charge in [0.25, 0.3) is 6.43 Å². The molecule has 0 spiro atoms. The first-order chi connectivity index (χ1) is 11.5. The summed E-state index contributed by atoms with van der Waals surface area (Å²) < 4.78 is 25.0. The van der Waals surface area contributed by atoms with Crippen LogP contribution in [0.25, 0.3) is 0 Å². The Labute approximate surface area is 148 Å². The lowest BCUT2D eigenvalue weighted by Gasteiger charge is -2.35. The zero-order valence-electron chi connectivity index (χ0n) is 14.1. The van der Waals surface area contributed by atoms with Crippen LogP contribution in [-0.4, -0.2) is 61.5 Å². The number of piperidine rings is 1. The summed E-state index contributed by atoms with van der Waals surface area (Å²) in [7, 11) is 2.16. The Morgan fingerprint density at radius 1 is 1.12 bits per heavy atom. The monoisotopic (exact) mass is 357 g/mol. The van der Waals surface area contributed by atoms with Crippen LogP contribution in [0.3, 0.4) is 0 Å². The average molecular weight is 358 g/mol. The van der Waals surface area contributed by atoms with Crippen LogP contribution in [0.4, 0.5) is 8.78 Å². The van der Waals surface area contributed by atoms with Crippen molar-refractivity contribution in [2.45, 2.75) is 43.8 Å². The van der Waals surface area contributed by atoms with Gasteiger partial charge in [-0.15, -0.1) is 0 Å². The van der Waals surface area contributed by atoms with E-state index in [1.54, 1.807) is 0 Å². The largest absolute Gasteiger partial charge is 0.309 e. The minimum Gasteiger partial charge on any atom is -0.309 e. The van der Waals surface area contributed by atoms with Crippen LogP contribution in [0, 0.1) is 0 Å². The van der Waals surface area contributed by atoms with E-state index in [1.165, 1.54) is 5.56 Å². The first kappa shape index (κ1) is 18.1. The van der Waals surface area contributed by atoms with Gasteiger partial charge in [-0.25, -0.2) is 8.78 Å². The SMILES string of the molecule is CN1CC[C@H](NC2CCN(CC(F)F)CC2)[C@@H]1c1ccc(Cl)cc1. The lowest BCUT2D eigenvalue weighted by atomic mass is 9.97. The number of halogens is 3. The maximum Gasteiger partial charge on any atom is 0.251 e. The van der Waals surface area contributed by atoms with Gasteiger partial charge in [-0.1, -0.05) is 23.7 Å². The lowest BCUT2D eigenvalue weighted by molar-refractivity contribution is 0.0715. The second kappa shape index (κ2) is 8.09. The van der Waals surface area contributed by atoms with Crippen molar-refractivity contribution in [1.82, 2.24) is 15.1 Å². The molecule has 0 saturated carbocycles. The standard InChI is InChI=1S/C18H26ClF2N3/c1-23-9-8-16(18(23)13-2-4-14(19)5-3-13)22-15-6-10-24(11-7-15)12-17(20)21/h2-5,15-18,22H,6-12H2,1H3/t16-,18-/m0/s1. The Balaban J connectivity index is 1.57. The summed E-state index contributed by atoms with van der Waals surface area (Å²) in [4.78, 5) is 4.26. The average Bonchev–Trinajstić information content (AvgIpc) is 2.90. The molecule has 0 bridgehead atoms. The molecule has 2 saturated heterocycles. The third-order valence-corrected chi connectivity index (χ3v) is 5.55. The molecule has 1 aromatic carbocycles. The van der Waals surface area contributed by atoms with Crippen molar-refractivity contribution < 1.29 is 8.78 Å². The number of nitrogens with zero attached hydrogens (tertiary/aromatic N) is 2. The number of nitrogens with one attached hydrogen (secondary N) is 1. The van der Waals surface area contributed by atoms with E-state index in [1.807, 2.05) is 17.0 Å². The van der Waals surface area contributed by atoms with Gasteiger partial charge in [-0.2, -0.15) is 0 Å². The van der Waals surface area contributed by atoms with Gasteiger partial charge in [0.05, 0.1) is 6.54 Å². The summed E-state index contributed by atoms with van der Waals surface area (Å²) in [6.45, 7) is 2.49. The van der Waals surface area contributed by atoms with E-state index in [0.29, 0.717) is 18.1 Å². The van der Waals surface area contributed by atoms with Crippen molar-refractivity contribution in [3.63, 3.8) is 0 Å². The molecule has 2 aliphatic rings. The highest BCUT2D eigenvalue weighted by Crippen LogP contribution is 2.32. The van der Waals surface area contributed by atoms with E-state index in [-0.39, 0.29) is 6.54 Å². The Kier molecular flexibility index (Phi) is 6.08. The molecule has 2 atom stereocenters. The lowest BCUT2D eigenvalue weighted by Crippen LogP contribution is -2.48. The van der Waals surface area contributed by atoms with Crippen LogP contribution in [0.1, 0.15) is 30.9 Å². The van der Waals surface area contributed by atoms with E-state index < -0.39 is 6.43 Å². The summed E-state index contributed by atoms with van der Waals surface area (Å²) in [5, 5.41) is 4.56. The molecule has 0 unspecified atom stereocenters. The molecule has 0 radical (unpaired) electrons. The molecule has 2 heterocycles. The molecule has 2 fully saturated rings. The van der Waals surface area contributed by atoms with E-state index in [2.05, 4.69) is 29.4 Å². The summed E-state index contributed by atoms with van der Waals surface area (Å²) in [5.41, 5.74) is 1.28. The summed E-state index contributed by atoms with van der Waals surface area (Å²) in [6, 6.07) is 9.28. The van der Waals surface area contributed by atoms with Gasteiger partial charge in [-0.05, 0) is 57.1 Å². The van der Waals surface area contributed by atoms with Crippen molar-refractivity contribution in [3.05, 3.63) is 34.9 Å². The van der Waals surface area contributed by atoms with Crippen LogP contribution >= 0.6 is 11.6 Å². The second-order valence-corrected chi connectivity index (χ2v) is 7.44. The highest BCUT2D eigenvalue weighted by Gasteiger charge is 2.34. The molecule has 3 nitrogen and oxygen atoms in total. The van der Waals surface area contributed by atoms with Gasteiger partial charge in [0.2, 0.25) is 0 Å². The molecule has 134 valence electrons. The highest BCUT2D eigenvalue weighted by molar-refractivity contribution is 6.30. The third-order valence-electron chi connectivity index (χ3n) is 5.29. The predicted molar refractivity (Wildman–Crippen MR) is 93.8 cm³/mol. The summed E-state index contributed by atoms with van der Waals surface area (Å²) >= 11 is 6.01. The fourth-order valence-electron chi connectivity index (χ4n) is 4.05. The number of rotatable bonds is 5. The van der Waals surface area contributed by atoms with E-state index in [4.69, 9.17) is 11.6 Å². The normalized spacial score (nSPS) is 27.2. The van der Waals surface area contributed by atoms with Gasteiger partial charge >= 0.3 is 0 Å². The van der Waals surface area contributed by atoms with Gasteiger partial charge in [0.1, 0.15) is 0 Å². The number of hydrogen-bond donors (Lipinski definition) is 1. The number of benzene rings is 1. The Bertz CT molecular complexity index is 518. The zero-order valence-corrected chi connectivity index (χ0v) is 14.9. The molecule has 2 aliphatic heterocycles. The first-order valence-electron chi connectivity index (χ1n) is 8.75. The van der Waals surface area contributed by atoms with Crippen LogP contribution in [0.15, 0.2) is 24.3 Å². The summed E-state index contributed by atoms with van der Waals surface area (Å²) in [5.74, 6) is 0. The molecular weight excluding hydrogens is 332 g/mol. The second-order valence-electron chi connectivity index (χ2n) is 7.00. The van der Waals surface area contributed by atoms with Crippen molar-refractivity contribution >= 4 is 11.6 Å². The van der Waals surface area contributed by atoms with Crippen molar-refractivity contribution in [3.8, 4) is 0 Å². The van der Waals surface area contributed by atoms with Gasteiger partial charge in [-0.3, -0.25) is 9.80 Å². The molecule has 1 N–H and O–H groups in total. The highest BCUT2D eigenvalue weighted by atomic mass is 35.5. The molecule has 1 aromatic rings. The maximum atomic E-state index is 12.5. The molecule has 24 heavy (non-hydrogen) atoms. The van der Waals surface area contributed by atoms with Crippen LogP contribution in [0.5, 0.6) is 0 Å². The predicted octanol–water partition coefficient (Wildman–Crippen LogP) is 3.40. The van der Waals surface area contributed by atoms with Crippen LogP contribution in [-0.2, 0) is 0 Å². The minimum absolute atomic E-state index is 0.0910. The number of likely N-dealkylation sites (tertiary alicyclic amines) is 2. The van der Waals surface area contributed by atoms with Crippen molar-refractivity contribution in [2.24, 2.45) is 0 Å². The fourth-order valence-corrected chi connectivity index (χ4v) is 4.17. The number of alkyl halides is 2. The molecule has 3 rings (SSSR count). The Hall–Kier alpha value is -0.750. The molecule has 0 aromatic heterocycles. The van der Waals surface area contributed by atoms with Crippen molar-refractivity contribution in [2.75, 3.05) is 33.2 Å². The molecular formula is C18H26ClF2N3. The fraction of sp³-hybridized carbons (Fsp3) is 0.667. The minimum atomic E-state index is -2.23. The molecule has 6 heteroatoms. The topological polar surface area (TPSA) is 18.5 Å². The van der Waals surface area contributed by atoms with E-state index in [9.17, 15) is 8.78 Å². The number of likely N-dealkylation sites (N-methyl/N-ethyl adjacent to an activating group) is 1. The first-order valence-corrected chi connectivity index (χ1v) is 9.13. The van der Waals surface area contributed by atoms with Crippen LogP contribution in [0.2, 0.25) is 5.02 Å². The van der Waals surface area contributed by atoms with Gasteiger partial charge in [0, 0.05) is 29.7 Å².